The Balaban J connectivity index is 1.62. The van der Waals surface area contributed by atoms with Crippen LogP contribution in [0.15, 0.2) is 102 Å². The van der Waals surface area contributed by atoms with Gasteiger partial charge >= 0.3 is 0 Å². The fourth-order valence-electron chi connectivity index (χ4n) is 4.42. The fraction of sp³-hybridized carbons (Fsp3) is 0.161. The first-order valence-electron chi connectivity index (χ1n) is 12.5. The molecule has 0 saturated heterocycles. The smallest absolute Gasteiger partial charge is 0.232 e. The molecular formula is C31H31N3O4S. The summed E-state index contributed by atoms with van der Waals surface area (Å²) in [7, 11) is -1.81. The minimum atomic E-state index is -3.39. The Labute approximate surface area is 229 Å². The third kappa shape index (κ3) is 6.53. The van der Waals surface area contributed by atoms with Gasteiger partial charge in [0.05, 0.1) is 23.7 Å². The number of carbonyl (C=O) groups excluding carboxylic acids is 1. The number of amides is 1. The summed E-state index contributed by atoms with van der Waals surface area (Å²) in [5, 5.41) is 10.8. The van der Waals surface area contributed by atoms with E-state index >= 15 is 0 Å². The number of ether oxygens (including phenoxy) is 1. The van der Waals surface area contributed by atoms with Gasteiger partial charge in [0.2, 0.25) is 5.91 Å². The Morgan fingerprint density at radius 2 is 1.67 bits per heavy atom. The van der Waals surface area contributed by atoms with Crippen molar-refractivity contribution in [3.8, 4) is 16.9 Å². The third-order valence-electron chi connectivity index (χ3n) is 6.56. The lowest BCUT2D eigenvalue weighted by Crippen LogP contribution is -2.23. The van der Waals surface area contributed by atoms with Crippen LogP contribution < -0.4 is 15.8 Å². The first-order chi connectivity index (χ1) is 18.7. The number of amidine groups is 1. The summed E-state index contributed by atoms with van der Waals surface area (Å²) in [4.78, 5) is 13.9. The molecule has 0 spiro atoms. The number of benzene rings is 4. The van der Waals surface area contributed by atoms with Crippen LogP contribution in [0, 0.1) is 5.41 Å². The summed E-state index contributed by atoms with van der Waals surface area (Å²) >= 11 is 0. The number of anilines is 1. The van der Waals surface area contributed by atoms with Crippen molar-refractivity contribution in [1.82, 2.24) is 0 Å². The Morgan fingerprint density at radius 3 is 2.36 bits per heavy atom. The van der Waals surface area contributed by atoms with Crippen molar-refractivity contribution < 1.29 is 17.9 Å². The largest absolute Gasteiger partial charge is 0.497 e. The summed E-state index contributed by atoms with van der Waals surface area (Å²) in [6.45, 7) is 1.62. The zero-order chi connectivity index (χ0) is 28.0. The van der Waals surface area contributed by atoms with Gasteiger partial charge in [0, 0.05) is 16.8 Å². The molecule has 8 heteroatoms. The molecule has 39 heavy (non-hydrogen) atoms. The molecular weight excluding hydrogens is 510 g/mol. The van der Waals surface area contributed by atoms with Crippen LogP contribution in [0.5, 0.6) is 5.75 Å². The van der Waals surface area contributed by atoms with Gasteiger partial charge in [-0.2, -0.15) is 0 Å². The minimum Gasteiger partial charge on any atom is -0.497 e. The van der Waals surface area contributed by atoms with E-state index < -0.39 is 15.8 Å². The SMILES string of the molecule is CCS(=O)(=O)c1ccccc1-c1ccc(NC(=O)C(Cc2cccc(C(=N)N)c2)c2cccc(OC)c2)cc1. The van der Waals surface area contributed by atoms with Crippen LogP contribution in [0.2, 0.25) is 0 Å². The lowest BCUT2D eigenvalue weighted by molar-refractivity contribution is -0.117. The van der Waals surface area contributed by atoms with Gasteiger partial charge in [0.15, 0.2) is 9.84 Å². The molecule has 1 atom stereocenters. The number of rotatable bonds is 10. The van der Waals surface area contributed by atoms with Gasteiger partial charge in [-0.1, -0.05) is 67.6 Å². The molecule has 0 radical (unpaired) electrons. The van der Waals surface area contributed by atoms with Gasteiger partial charge in [-0.05, 0) is 59.5 Å². The molecule has 4 rings (SSSR count). The molecule has 4 aromatic rings. The molecule has 0 aliphatic carbocycles. The summed E-state index contributed by atoms with van der Waals surface area (Å²) in [6.07, 6.45) is 0.389. The van der Waals surface area contributed by atoms with Gasteiger partial charge in [-0.15, -0.1) is 0 Å². The molecule has 1 unspecified atom stereocenters. The number of nitrogens with two attached hydrogens (primary N) is 1. The average Bonchev–Trinajstić information content (AvgIpc) is 2.96. The molecule has 1 amide bonds. The number of nitrogens with one attached hydrogen (secondary N) is 2. The van der Waals surface area contributed by atoms with E-state index in [1.807, 2.05) is 42.5 Å². The Hall–Kier alpha value is -4.43. The van der Waals surface area contributed by atoms with Crippen molar-refractivity contribution in [1.29, 1.82) is 5.41 Å². The van der Waals surface area contributed by atoms with E-state index in [1.165, 1.54) is 0 Å². The van der Waals surface area contributed by atoms with Crippen molar-refractivity contribution in [2.45, 2.75) is 24.2 Å². The molecule has 7 nitrogen and oxygen atoms in total. The molecule has 0 fully saturated rings. The average molecular weight is 542 g/mol. The number of carbonyl (C=O) groups is 1. The van der Waals surface area contributed by atoms with E-state index in [4.69, 9.17) is 15.9 Å². The molecule has 0 heterocycles. The number of hydrogen-bond acceptors (Lipinski definition) is 5. The van der Waals surface area contributed by atoms with Gasteiger partial charge in [0.1, 0.15) is 11.6 Å². The van der Waals surface area contributed by atoms with Crippen LogP contribution in [-0.2, 0) is 21.1 Å². The van der Waals surface area contributed by atoms with Crippen molar-refractivity contribution in [3.63, 3.8) is 0 Å². The van der Waals surface area contributed by atoms with Gasteiger partial charge in [0.25, 0.3) is 0 Å². The minimum absolute atomic E-state index is 0.0130. The van der Waals surface area contributed by atoms with E-state index in [-0.39, 0.29) is 22.4 Å². The topological polar surface area (TPSA) is 122 Å². The summed E-state index contributed by atoms with van der Waals surface area (Å²) < 4.78 is 30.6. The van der Waals surface area contributed by atoms with Crippen LogP contribution in [0.3, 0.4) is 0 Å². The van der Waals surface area contributed by atoms with E-state index in [9.17, 15) is 13.2 Å². The van der Waals surface area contributed by atoms with E-state index in [0.29, 0.717) is 29.0 Å². The quantitative estimate of drug-likeness (QED) is 0.183. The van der Waals surface area contributed by atoms with E-state index in [2.05, 4.69) is 5.32 Å². The normalized spacial score (nSPS) is 11.9. The molecule has 4 N–H and O–H groups in total. The van der Waals surface area contributed by atoms with Crippen molar-refractivity contribution in [3.05, 3.63) is 114 Å². The summed E-state index contributed by atoms with van der Waals surface area (Å²) in [5.41, 5.74) is 9.88. The summed E-state index contributed by atoms with van der Waals surface area (Å²) in [6, 6.07) is 28.8. The number of sulfone groups is 1. The lowest BCUT2D eigenvalue weighted by Gasteiger charge is -2.19. The summed E-state index contributed by atoms with van der Waals surface area (Å²) in [5.74, 6) is -0.129. The second-order valence-corrected chi connectivity index (χ2v) is 11.4. The maximum absolute atomic E-state index is 13.6. The van der Waals surface area contributed by atoms with E-state index in [1.54, 1.807) is 68.6 Å². The molecule has 200 valence electrons. The monoisotopic (exact) mass is 541 g/mol. The highest BCUT2D eigenvalue weighted by Crippen LogP contribution is 2.30. The first kappa shape index (κ1) is 27.6. The molecule has 4 aromatic carbocycles. The fourth-order valence-corrected chi connectivity index (χ4v) is 5.53. The molecule has 0 aliphatic rings. The van der Waals surface area contributed by atoms with Gasteiger partial charge in [-0.25, -0.2) is 8.42 Å². The van der Waals surface area contributed by atoms with Gasteiger partial charge in [-0.3, -0.25) is 10.2 Å². The molecule has 0 bridgehead atoms. The number of nitrogen functional groups attached to an aromatic ring is 1. The zero-order valence-electron chi connectivity index (χ0n) is 21.8. The first-order valence-corrected chi connectivity index (χ1v) is 14.2. The lowest BCUT2D eigenvalue weighted by atomic mass is 9.90. The van der Waals surface area contributed by atoms with Crippen molar-refractivity contribution in [2.24, 2.45) is 5.73 Å². The van der Waals surface area contributed by atoms with Crippen LogP contribution in [-0.4, -0.2) is 33.0 Å². The van der Waals surface area contributed by atoms with Crippen LogP contribution >= 0.6 is 0 Å². The molecule has 0 aliphatic heterocycles. The molecule has 0 saturated carbocycles. The second-order valence-electron chi connectivity index (χ2n) is 9.11. The number of hydrogen-bond donors (Lipinski definition) is 3. The maximum atomic E-state index is 13.6. The Kier molecular flexibility index (Phi) is 8.46. The van der Waals surface area contributed by atoms with Crippen LogP contribution in [0.4, 0.5) is 5.69 Å². The Bertz CT molecular complexity index is 1600. The van der Waals surface area contributed by atoms with Crippen molar-refractivity contribution in [2.75, 3.05) is 18.2 Å². The highest BCUT2D eigenvalue weighted by Gasteiger charge is 2.23. The zero-order valence-corrected chi connectivity index (χ0v) is 22.7. The van der Waals surface area contributed by atoms with E-state index in [0.717, 1.165) is 16.7 Å². The number of methoxy groups -OCH3 is 1. The second kappa shape index (κ2) is 12.0. The van der Waals surface area contributed by atoms with Crippen molar-refractivity contribution >= 4 is 27.3 Å². The highest BCUT2D eigenvalue weighted by molar-refractivity contribution is 7.91. The Morgan fingerprint density at radius 1 is 0.949 bits per heavy atom. The standard InChI is InChI=1S/C31H31N3O4S/c1-3-39(36,37)29-13-5-4-12-27(29)22-14-16-25(17-15-22)34-31(35)28(23-9-7-11-26(20-23)38-2)19-21-8-6-10-24(18-21)30(32)33/h4-18,20,28H,3,19H2,1-2H3,(H3,32,33)(H,34,35). The maximum Gasteiger partial charge on any atom is 0.232 e. The highest BCUT2D eigenvalue weighted by atomic mass is 32.2. The third-order valence-corrected chi connectivity index (χ3v) is 8.34. The van der Waals surface area contributed by atoms with Crippen LogP contribution in [0.1, 0.15) is 29.5 Å². The predicted molar refractivity (Wildman–Crippen MR) is 155 cm³/mol. The molecule has 0 aromatic heterocycles. The van der Waals surface area contributed by atoms with Crippen LogP contribution in [0.25, 0.3) is 11.1 Å². The van der Waals surface area contributed by atoms with Gasteiger partial charge < -0.3 is 15.8 Å². The predicted octanol–water partition coefficient (Wildman–Crippen LogP) is 5.40.